The van der Waals surface area contributed by atoms with Crippen LogP contribution in [0.2, 0.25) is 0 Å². The zero-order valence-electron chi connectivity index (χ0n) is 12.8. The van der Waals surface area contributed by atoms with E-state index in [0.717, 1.165) is 17.7 Å². The van der Waals surface area contributed by atoms with Gasteiger partial charge in [-0.05, 0) is 48.1 Å². The Balaban J connectivity index is 1.87. The molecule has 0 radical (unpaired) electrons. The van der Waals surface area contributed by atoms with E-state index in [4.69, 9.17) is 0 Å². The van der Waals surface area contributed by atoms with Crippen LogP contribution in [0.5, 0.6) is 0 Å². The quantitative estimate of drug-likeness (QED) is 0.345. The largest absolute Gasteiger partial charge is 0.143 e. The van der Waals surface area contributed by atoms with Gasteiger partial charge in [0.05, 0.1) is 0 Å². The van der Waals surface area contributed by atoms with E-state index in [1.54, 1.807) is 0 Å². The van der Waals surface area contributed by atoms with Crippen LogP contribution in [0, 0.1) is 0 Å². The molecule has 0 bridgehead atoms. The van der Waals surface area contributed by atoms with Crippen molar-refractivity contribution in [3.8, 4) is 11.1 Å². The maximum atomic E-state index is 4.32. The van der Waals surface area contributed by atoms with Crippen molar-refractivity contribution >= 4 is 12.6 Å². The highest BCUT2D eigenvalue weighted by Gasteiger charge is 1.98. The summed E-state index contributed by atoms with van der Waals surface area (Å²) in [5, 5.41) is 0. The van der Waals surface area contributed by atoms with Crippen LogP contribution in [0.25, 0.3) is 11.1 Å². The number of unbranched alkanes of at least 4 members (excludes halogenated alkanes) is 2. The molecular weight excluding hydrogens is 272 g/mol. The van der Waals surface area contributed by atoms with Crippen molar-refractivity contribution in [2.75, 3.05) is 0 Å². The van der Waals surface area contributed by atoms with Gasteiger partial charge in [-0.2, -0.15) is 0 Å². The number of allylic oxidation sites excluding steroid dienone is 2. The molecule has 110 valence electrons. The van der Waals surface area contributed by atoms with Crippen molar-refractivity contribution < 1.29 is 0 Å². The lowest BCUT2D eigenvalue weighted by Gasteiger charge is -2.04. The fraction of sp³-hybridized carbons (Fsp3) is 0.300. The van der Waals surface area contributed by atoms with Crippen LogP contribution in [0.4, 0.5) is 0 Å². The van der Waals surface area contributed by atoms with Gasteiger partial charge in [-0.15, -0.1) is 12.6 Å². The minimum absolute atomic E-state index is 1.00. The van der Waals surface area contributed by atoms with E-state index in [0.29, 0.717) is 0 Å². The number of hydrogen-bond acceptors (Lipinski definition) is 1. The lowest BCUT2D eigenvalue weighted by molar-refractivity contribution is 0.811. The molecule has 0 aromatic heterocycles. The van der Waals surface area contributed by atoms with Crippen LogP contribution >= 0.6 is 12.6 Å². The molecule has 0 heterocycles. The number of hydrogen-bond donors (Lipinski definition) is 1. The molecule has 0 aliphatic heterocycles. The standard InChI is InChI=1S/C20H24S/c1-2-3-4-5-6-7-8-17-9-11-18(12-10-17)19-13-15-20(21)16-14-19/h5-6,9-16,21H,2-4,7-8H2,1H3. The molecule has 0 aliphatic rings. The third kappa shape index (κ3) is 5.43. The zero-order chi connectivity index (χ0) is 14.9. The summed E-state index contributed by atoms with van der Waals surface area (Å²) < 4.78 is 0. The van der Waals surface area contributed by atoms with Gasteiger partial charge in [0.2, 0.25) is 0 Å². The van der Waals surface area contributed by atoms with Crippen molar-refractivity contribution in [2.45, 2.75) is 43.9 Å². The molecule has 2 rings (SSSR count). The smallest absolute Gasteiger partial charge is 0.00404 e. The van der Waals surface area contributed by atoms with E-state index >= 15 is 0 Å². The average molecular weight is 296 g/mol. The first-order valence-corrected chi connectivity index (χ1v) is 8.27. The summed E-state index contributed by atoms with van der Waals surface area (Å²) in [6, 6.07) is 17.2. The summed E-state index contributed by atoms with van der Waals surface area (Å²) in [5.74, 6) is 0. The molecule has 0 saturated heterocycles. The predicted molar refractivity (Wildman–Crippen MR) is 96.1 cm³/mol. The van der Waals surface area contributed by atoms with Gasteiger partial charge in [0.1, 0.15) is 0 Å². The van der Waals surface area contributed by atoms with Crippen LogP contribution in [0.15, 0.2) is 65.6 Å². The highest BCUT2D eigenvalue weighted by atomic mass is 32.1. The highest BCUT2D eigenvalue weighted by Crippen LogP contribution is 2.21. The van der Waals surface area contributed by atoms with Crippen LogP contribution in [-0.4, -0.2) is 0 Å². The number of rotatable bonds is 7. The van der Waals surface area contributed by atoms with Crippen LogP contribution in [-0.2, 0) is 6.42 Å². The maximum absolute atomic E-state index is 4.32. The molecule has 0 amide bonds. The van der Waals surface area contributed by atoms with Crippen LogP contribution < -0.4 is 0 Å². The molecule has 0 fully saturated rings. The van der Waals surface area contributed by atoms with Crippen molar-refractivity contribution in [1.29, 1.82) is 0 Å². The molecule has 2 aromatic carbocycles. The van der Waals surface area contributed by atoms with Gasteiger partial charge in [0.15, 0.2) is 0 Å². The lowest BCUT2D eigenvalue weighted by atomic mass is 10.0. The molecular formula is C20H24S. The van der Waals surface area contributed by atoms with E-state index in [9.17, 15) is 0 Å². The van der Waals surface area contributed by atoms with E-state index in [2.05, 4.69) is 68.1 Å². The Bertz CT molecular complexity index is 549. The average Bonchev–Trinajstić information content (AvgIpc) is 2.52. The number of thiol groups is 1. The molecule has 0 aliphatic carbocycles. The Morgan fingerprint density at radius 3 is 2.00 bits per heavy atom. The van der Waals surface area contributed by atoms with E-state index < -0.39 is 0 Å². The maximum Gasteiger partial charge on any atom is 0.00404 e. The van der Waals surface area contributed by atoms with Crippen molar-refractivity contribution in [3.63, 3.8) is 0 Å². The first-order valence-electron chi connectivity index (χ1n) is 7.83. The summed E-state index contributed by atoms with van der Waals surface area (Å²) >= 11 is 4.32. The summed E-state index contributed by atoms with van der Waals surface area (Å²) in [7, 11) is 0. The van der Waals surface area contributed by atoms with Gasteiger partial charge in [0.25, 0.3) is 0 Å². The van der Waals surface area contributed by atoms with Gasteiger partial charge in [0, 0.05) is 4.90 Å². The fourth-order valence-corrected chi connectivity index (χ4v) is 2.47. The predicted octanol–water partition coefficient (Wildman–Crippen LogP) is 6.32. The lowest BCUT2D eigenvalue weighted by Crippen LogP contribution is -1.84. The minimum Gasteiger partial charge on any atom is -0.143 e. The van der Waals surface area contributed by atoms with Crippen LogP contribution in [0.1, 0.15) is 38.2 Å². The molecule has 1 heteroatoms. The Hall–Kier alpha value is -1.47. The van der Waals surface area contributed by atoms with E-state index in [1.165, 1.54) is 36.0 Å². The Morgan fingerprint density at radius 2 is 1.38 bits per heavy atom. The molecule has 0 unspecified atom stereocenters. The molecule has 0 nitrogen and oxygen atoms in total. The van der Waals surface area contributed by atoms with Crippen molar-refractivity contribution in [2.24, 2.45) is 0 Å². The van der Waals surface area contributed by atoms with Gasteiger partial charge in [-0.25, -0.2) is 0 Å². The first-order chi connectivity index (χ1) is 10.3. The third-order valence-electron chi connectivity index (χ3n) is 3.65. The second-order valence-electron chi connectivity index (χ2n) is 5.40. The second kappa shape index (κ2) is 8.74. The number of aryl methyl sites for hydroxylation is 1. The monoisotopic (exact) mass is 296 g/mol. The highest BCUT2D eigenvalue weighted by molar-refractivity contribution is 7.80. The SMILES string of the molecule is CCCCC=CCCc1ccc(-c2ccc(S)cc2)cc1. The Morgan fingerprint density at radius 1 is 0.810 bits per heavy atom. The fourth-order valence-electron chi connectivity index (χ4n) is 2.33. The normalized spacial score (nSPS) is 11.1. The molecule has 0 atom stereocenters. The van der Waals surface area contributed by atoms with Gasteiger partial charge < -0.3 is 0 Å². The Labute approximate surface area is 134 Å². The van der Waals surface area contributed by atoms with Gasteiger partial charge in [-0.3, -0.25) is 0 Å². The minimum atomic E-state index is 1.00. The summed E-state index contributed by atoms with van der Waals surface area (Å²) in [6.45, 7) is 2.24. The number of benzene rings is 2. The Kier molecular flexibility index (Phi) is 6.62. The topological polar surface area (TPSA) is 0 Å². The summed E-state index contributed by atoms with van der Waals surface area (Å²) in [5.41, 5.74) is 3.93. The molecule has 0 saturated carbocycles. The molecule has 2 aromatic rings. The second-order valence-corrected chi connectivity index (χ2v) is 5.91. The first kappa shape index (κ1) is 15.9. The zero-order valence-corrected chi connectivity index (χ0v) is 13.7. The molecule has 0 spiro atoms. The molecule has 21 heavy (non-hydrogen) atoms. The van der Waals surface area contributed by atoms with Crippen molar-refractivity contribution in [1.82, 2.24) is 0 Å². The molecule has 0 N–H and O–H groups in total. The summed E-state index contributed by atoms with van der Waals surface area (Å²) in [4.78, 5) is 1.00. The van der Waals surface area contributed by atoms with Crippen molar-refractivity contribution in [3.05, 3.63) is 66.2 Å². The van der Waals surface area contributed by atoms with Gasteiger partial charge >= 0.3 is 0 Å². The summed E-state index contributed by atoms with van der Waals surface area (Å²) in [6.07, 6.45) is 10.7. The van der Waals surface area contributed by atoms with Crippen LogP contribution in [0.3, 0.4) is 0 Å². The van der Waals surface area contributed by atoms with E-state index in [-0.39, 0.29) is 0 Å². The third-order valence-corrected chi connectivity index (χ3v) is 3.94. The van der Waals surface area contributed by atoms with E-state index in [1.807, 2.05) is 12.1 Å². The van der Waals surface area contributed by atoms with Gasteiger partial charge in [-0.1, -0.05) is 68.3 Å².